The van der Waals surface area contributed by atoms with Gasteiger partial charge in [0.05, 0.1) is 10.9 Å². The monoisotopic (exact) mass is 469 g/mol. The van der Waals surface area contributed by atoms with E-state index in [1.165, 1.54) is 16.8 Å². The number of anilines is 2. The van der Waals surface area contributed by atoms with E-state index in [-0.39, 0.29) is 35.3 Å². The lowest BCUT2D eigenvalue weighted by Gasteiger charge is -2.32. The highest BCUT2D eigenvalue weighted by atomic mass is 19.4. The van der Waals surface area contributed by atoms with Gasteiger partial charge in [-0.1, -0.05) is 17.9 Å². The Balaban J connectivity index is 1.52. The van der Waals surface area contributed by atoms with Crippen molar-refractivity contribution in [2.24, 2.45) is 5.41 Å². The summed E-state index contributed by atoms with van der Waals surface area (Å²) in [6, 6.07) is 7.20. The van der Waals surface area contributed by atoms with E-state index < -0.39 is 23.2 Å². The average molecular weight is 469 g/mol. The summed E-state index contributed by atoms with van der Waals surface area (Å²) in [5.74, 6) is 4.13. The van der Waals surface area contributed by atoms with E-state index >= 15 is 4.39 Å². The molecule has 0 N–H and O–H groups in total. The van der Waals surface area contributed by atoms with Gasteiger partial charge in [0.15, 0.2) is 0 Å². The van der Waals surface area contributed by atoms with Crippen LogP contribution >= 0.6 is 0 Å². The van der Waals surface area contributed by atoms with Crippen LogP contribution in [0.2, 0.25) is 0 Å². The Labute approximate surface area is 190 Å². The zero-order valence-electron chi connectivity index (χ0n) is 17.6. The van der Waals surface area contributed by atoms with Crippen LogP contribution in [0.3, 0.4) is 0 Å². The molecular formula is C24H16F5N5. The molecule has 2 aromatic carbocycles. The normalized spacial score (nSPS) is 16.9. The number of hydrogen-bond donors (Lipinski definition) is 0. The fourth-order valence-electron chi connectivity index (χ4n) is 4.55. The van der Waals surface area contributed by atoms with Crippen LogP contribution in [0.25, 0.3) is 16.7 Å². The summed E-state index contributed by atoms with van der Waals surface area (Å²) in [5, 5.41) is 7.85. The van der Waals surface area contributed by atoms with E-state index in [0.717, 1.165) is 11.6 Å². The van der Waals surface area contributed by atoms with Crippen molar-refractivity contribution in [3.63, 3.8) is 0 Å². The van der Waals surface area contributed by atoms with Crippen LogP contribution in [-0.2, 0) is 6.42 Å². The summed E-state index contributed by atoms with van der Waals surface area (Å²) in [4.78, 5) is 6.29. The van der Waals surface area contributed by atoms with Crippen molar-refractivity contribution in [1.82, 2.24) is 19.6 Å². The summed E-state index contributed by atoms with van der Waals surface area (Å²) in [6.07, 6.45) is -1.74. The molecule has 1 fully saturated rings. The van der Waals surface area contributed by atoms with Crippen LogP contribution in [0.5, 0.6) is 0 Å². The number of alkyl halides is 3. The topological polar surface area (TPSA) is 46.3 Å². The predicted molar refractivity (Wildman–Crippen MR) is 115 cm³/mol. The number of aromatic nitrogens is 4. The summed E-state index contributed by atoms with van der Waals surface area (Å²) < 4.78 is 70.5. The highest BCUT2D eigenvalue weighted by Gasteiger charge is 2.62. The second-order valence-electron chi connectivity index (χ2n) is 8.61. The molecule has 0 saturated heterocycles. The van der Waals surface area contributed by atoms with Gasteiger partial charge < -0.3 is 4.90 Å². The fourth-order valence-corrected chi connectivity index (χ4v) is 4.55. The van der Waals surface area contributed by atoms with E-state index in [1.807, 2.05) is 0 Å². The standard InChI is InChI=1S/C24H16F5N5/c25-15-11-17(26)20-19(12-15)34-13-30-32-22(34)31-21(20)33-10-2-4-16-14(3-1-5-18(16)33)6-7-23(8-9-23)24(27,28)29/h1,3,5,11-13H,2,4,8-10H2. The van der Waals surface area contributed by atoms with Gasteiger partial charge in [0.2, 0.25) is 0 Å². The van der Waals surface area contributed by atoms with Gasteiger partial charge in [-0.15, -0.1) is 10.2 Å². The highest BCUT2D eigenvalue weighted by molar-refractivity contribution is 5.94. The predicted octanol–water partition coefficient (Wildman–Crippen LogP) is 5.33. The minimum absolute atomic E-state index is 0.00869. The first-order chi connectivity index (χ1) is 16.3. The molecule has 0 atom stereocenters. The molecule has 10 heteroatoms. The molecule has 2 aliphatic rings. The molecule has 5 nitrogen and oxygen atoms in total. The van der Waals surface area contributed by atoms with Crippen molar-refractivity contribution in [2.75, 3.05) is 11.4 Å². The first-order valence-electron chi connectivity index (χ1n) is 10.8. The van der Waals surface area contributed by atoms with Gasteiger partial charge in [0, 0.05) is 23.9 Å². The zero-order chi connectivity index (χ0) is 23.7. The molecule has 6 rings (SSSR count). The molecule has 2 aromatic heterocycles. The molecule has 0 bridgehead atoms. The maximum Gasteiger partial charge on any atom is 0.405 e. The van der Waals surface area contributed by atoms with E-state index in [4.69, 9.17) is 0 Å². The van der Waals surface area contributed by atoms with E-state index in [2.05, 4.69) is 27.0 Å². The number of benzene rings is 2. The van der Waals surface area contributed by atoms with E-state index in [0.29, 0.717) is 30.6 Å². The number of halogens is 5. The van der Waals surface area contributed by atoms with Gasteiger partial charge in [-0.2, -0.15) is 18.2 Å². The Kier molecular flexibility index (Phi) is 4.37. The third kappa shape index (κ3) is 3.10. The Morgan fingerprint density at radius 3 is 2.68 bits per heavy atom. The number of nitrogens with zero attached hydrogens (tertiary/aromatic N) is 5. The first kappa shape index (κ1) is 20.8. The lowest BCUT2D eigenvalue weighted by atomic mass is 9.95. The van der Waals surface area contributed by atoms with Crippen molar-refractivity contribution in [3.05, 3.63) is 59.4 Å². The molecule has 34 heavy (non-hydrogen) atoms. The molecule has 0 spiro atoms. The minimum atomic E-state index is -4.36. The number of hydrogen-bond acceptors (Lipinski definition) is 4. The van der Waals surface area contributed by atoms with Crippen LogP contribution < -0.4 is 4.90 Å². The highest BCUT2D eigenvalue weighted by Crippen LogP contribution is 2.57. The Bertz CT molecular complexity index is 1520. The van der Waals surface area contributed by atoms with Crippen LogP contribution in [-0.4, -0.2) is 32.3 Å². The largest absolute Gasteiger partial charge is 0.405 e. The van der Waals surface area contributed by atoms with Gasteiger partial charge in [-0.3, -0.25) is 4.40 Å². The SMILES string of the molecule is Fc1cc(F)c2c(N3CCCc4c(C#CC5(C(F)(F)F)CC5)cccc43)nc3nncn3c2c1. The number of rotatable bonds is 1. The van der Waals surface area contributed by atoms with E-state index in [9.17, 15) is 17.6 Å². The zero-order valence-corrected chi connectivity index (χ0v) is 17.6. The third-order valence-corrected chi connectivity index (χ3v) is 6.49. The van der Waals surface area contributed by atoms with E-state index in [1.54, 1.807) is 23.1 Å². The first-order valence-corrected chi connectivity index (χ1v) is 10.8. The molecule has 1 saturated carbocycles. The lowest BCUT2D eigenvalue weighted by Crippen LogP contribution is -2.27. The van der Waals surface area contributed by atoms with Crippen LogP contribution in [0.4, 0.5) is 33.5 Å². The Morgan fingerprint density at radius 1 is 1.09 bits per heavy atom. The van der Waals surface area contributed by atoms with Crippen LogP contribution in [0, 0.1) is 28.9 Å². The van der Waals surface area contributed by atoms with Gasteiger partial charge in [0.25, 0.3) is 5.78 Å². The molecule has 1 aliphatic carbocycles. The van der Waals surface area contributed by atoms with Crippen molar-refractivity contribution >= 4 is 28.2 Å². The third-order valence-electron chi connectivity index (χ3n) is 6.49. The van der Waals surface area contributed by atoms with Crippen molar-refractivity contribution < 1.29 is 22.0 Å². The summed E-state index contributed by atoms with van der Waals surface area (Å²) >= 11 is 0. The van der Waals surface area contributed by atoms with Crippen LogP contribution in [0.1, 0.15) is 30.4 Å². The van der Waals surface area contributed by atoms with Gasteiger partial charge >= 0.3 is 6.18 Å². The van der Waals surface area contributed by atoms with Gasteiger partial charge in [-0.05, 0) is 49.4 Å². The summed E-state index contributed by atoms with van der Waals surface area (Å²) in [7, 11) is 0. The van der Waals surface area contributed by atoms with Crippen molar-refractivity contribution in [2.45, 2.75) is 31.9 Å². The second-order valence-corrected chi connectivity index (χ2v) is 8.61. The quantitative estimate of drug-likeness (QED) is 0.279. The molecule has 0 unspecified atom stereocenters. The smallest absolute Gasteiger partial charge is 0.325 e. The average Bonchev–Trinajstić information content (AvgIpc) is 3.46. The fraction of sp³-hybridized carbons (Fsp3) is 0.292. The maximum atomic E-state index is 15.0. The summed E-state index contributed by atoms with van der Waals surface area (Å²) in [5.41, 5.74) is 0.270. The number of fused-ring (bicyclic) bond motifs is 4. The Hall–Kier alpha value is -3.74. The molecule has 0 radical (unpaired) electrons. The summed E-state index contributed by atoms with van der Waals surface area (Å²) in [6.45, 7) is 0.486. The molecule has 172 valence electrons. The molecular weight excluding hydrogens is 453 g/mol. The minimum Gasteiger partial charge on any atom is -0.325 e. The van der Waals surface area contributed by atoms with Crippen LogP contribution in [0.15, 0.2) is 36.7 Å². The molecule has 4 aromatic rings. The maximum absolute atomic E-state index is 15.0. The second kappa shape index (κ2) is 7.13. The molecule has 3 heterocycles. The Morgan fingerprint density at radius 2 is 1.91 bits per heavy atom. The lowest BCUT2D eigenvalue weighted by molar-refractivity contribution is -0.168. The molecule has 0 amide bonds. The van der Waals surface area contributed by atoms with Crippen molar-refractivity contribution in [1.29, 1.82) is 0 Å². The van der Waals surface area contributed by atoms with Gasteiger partial charge in [0.1, 0.15) is 29.2 Å². The van der Waals surface area contributed by atoms with Gasteiger partial charge in [-0.25, -0.2) is 8.78 Å². The molecule has 1 aliphatic heterocycles. The van der Waals surface area contributed by atoms with Crippen molar-refractivity contribution in [3.8, 4) is 11.8 Å².